The van der Waals surface area contributed by atoms with Crippen LogP contribution >= 0.6 is 11.3 Å². The summed E-state index contributed by atoms with van der Waals surface area (Å²) in [5.41, 5.74) is 7.43. The number of nitrogens with two attached hydrogens (primary N) is 1. The van der Waals surface area contributed by atoms with Gasteiger partial charge in [0.2, 0.25) is 5.95 Å². The molecule has 0 atom stereocenters. The normalized spacial score (nSPS) is 18.4. The van der Waals surface area contributed by atoms with E-state index in [1.165, 1.54) is 30.8 Å². The average Bonchev–Trinajstić information content (AvgIpc) is 3.26. The largest absolute Gasteiger partial charge is 0.378 e. The Balaban J connectivity index is 1.42. The lowest BCUT2D eigenvalue weighted by molar-refractivity contribution is 0.105. The first-order valence-corrected chi connectivity index (χ1v) is 12.9. The van der Waals surface area contributed by atoms with E-state index in [2.05, 4.69) is 51.6 Å². The topological polar surface area (TPSA) is 96.5 Å². The molecule has 0 aliphatic carbocycles. The van der Waals surface area contributed by atoms with Gasteiger partial charge in [-0.3, -0.25) is 4.90 Å². The van der Waals surface area contributed by atoms with Gasteiger partial charge in [-0.2, -0.15) is 0 Å². The summed E-state index contributed by atoms with van der Waals surface area (Å²) in [5, 5.41) is 0. The summed E-state index contributed by atoms with van der Waals surface area (Å²) in [7, 11) is 2.26. The Kier molecular flexibility index (Phi) is 6.91. The van der Waals surface area contributed by atoms with E-state index in [1.807, 2.05) is 11.3 Å². The van der Waals surface area contributed by atoms with Gasteiger partial charge in [-0.25, -0.2) is 19.9 Å². The van der Waals surface area contributed by atoms with Gasteiger partial charge in [0.25, 0.3) is 0 Å². The van der Waals surface area contributed by atoms with Crippen LogP contribution in [0.15, 0.2) is 18.5 Å². The number of thiophene rings is 1. The highest BCUT2D eigenvalue weighted by Crippen LogP contribution is 2.35. The molecule has 0 spiro atoms. The van der Waals surface area contributed by atoms with Crippen LogP contribution in [-0.2, 0) is 11.3 Å². The molecule has 2 fully saturated rings. The van der Waals surface area contributed by atoms with Gasteiger partial charge in [0.05, 0.1) is 29.0 Å². The molecule has 2 aliphatic heterocycles. The molecule has 0 aromatic carbocycles. The lowest BCUT2D eigenvalue weighted by Crippen LogP contribution is -2.45. The van der Waals surface area contributed by atoms with Crippen molar-refractivity contribution >= 4 is 33.3 Å². The van der Waals surface area contributed by atoms with Gasteiger partial charge < -0.3 is 20.3 Å². The number of rotatable bonds is 6. The summed E-state index contributed by atoms with van der Waals surface area (Å²) in [6.07, 6.45) is 5.83. The predicted octanol–water partition coefficient (Wildman–Crippen LogP) is 2.87. The molecule has 0 saturated carbocycles. The number of fused-ring (bicyclic) bond motifs is 1. The molecule has 0 radical (unpaired) electrons. The second kappa shape index (κ2) is 10.1. The molecule has 2 aliphatic rings. The van der Waals surface area contributed by atoms with Crippen molar-refractivity contribution in [1.82, 2.24) is 29.7 Å². The quantitative estimate of drug-likeness (QED) is 0.569. The van der Waals surface area contributed by atoms with Crippen molar-refractivity contribution in [3.8, 4) is 11.4 Å². The van der Waals surface area contributed by atoms with Crippen LogP contribution < -0.4 is 10.6 Å². The molecule has 2 N–H and O–H groups in total. The van der Waals surface area contributed by atoms with Crippen molar-refractivity contribution in [3.63, 3.8) is 0 Å². The van der Waals surface area contributed by atoms with Crippen LogP contribution in [0.2, 0.25) is 0 Å². The van der Waals surface area contributed by atoms with Gasteiger partial charge in [0.15, 0.2) is 11.6 Å². The average molecular weight is 483 g/mol. The fourth-order valence-corrected chi connectivity index (χ4v) is 6.01. The number of ether oxygens (including phenoxy) is 1. The minimum absolute atomic E-state index is 0.248. The van der Waals surface area contributed by atoms with Crippen molar-refractivity contribution in [3.05, 3.63) is 23.3 Å². The van der Waals surface area contributed by atoms with Crippen molar-refractivity contribution in [1.29, 1.82) is 0 Å². The number of nitrogens with zero attached hydrogens (tertiary/aromatic N) is 7. The first kappa shape index (κ1) is 23.3. The molecule has 9 nitrogen and oxygen atoms in total. The Morgan fingerprint density at radius 2 is 1.82 bits per heavy atom. The lowest BCUT2D eigenvalue weighted by Gasteiger charge is -2.38. The van der Waals surface area contributed by atoms with Crippen LogP contribution in [0.1, 0.15) is 31.6 Å². The standard InChI is InChI=1S/C24H34N8OS/c1-16(2)31-6-4-18(5-7-31)30(3)15-19-12-20-21(34-19)23(32-8-10-33-11-9-32)29-22(28-20)17-13-26-24(25)27-14-17/h12-14,16,18H,4-11,15H2,1-3H3,(H2,25,26,27). The van der Waals surface area contributed by atoms with Gasteiger partial charge in [0, 0.05) is 49.0 Å². The van der Waals surface area contributed by atoms with Gasteiger partial charge >= 0.3 is 0 Å². The molecular formula is C24H34N8OS. The molecule has 2 saturated heterocycles. The Morgan fingerprint density at radius 1 is 1.12 bits per heavy atom. The van der Waals surface area contributed by atoms with Gasteiger partial charge in [-0.05, 0) is 52.9 Å². The van der Waals surface area contributed by atoms with Crippen LogP contribution in [0, 0.1) is 0 Å². The number of aromatic nitrogens is 4. The molecule has 0 bridgehead atoms. The summed E-state index contributed by atoms with van der Waals surface area (Å²) in [6, 6.07) is 3.48. The number of morpholine rings is 1. The van der Waals surface area contributed by atoms with Crippen LogP contribution in [0.4, 0.5) is 11.8 Å². The molecular weight excluding hydrogens is 448 g/mol. The van der Waals surface area contributed by atoms with Crippen LogP contribution in [-0.4, -0.2) is 88.3 Å². The molecule has 0 amide bonds. The van der Waals surface area contributed by atoms with Crippen molar-refractivity contribution < 1.29 is 4.74 Å². The minimum atomic E-state index is 0.248. The van der Waals surface area contributed by atoms with E-state index < -0.39 is 0 Å². The van der Waals surface area contributed by atoms with Crippen molar-refractivity contribution in [2.24, 2.45) is 0 Å². The van der Waals surface area contributed by atoms with Crippen LogP contribution in [0.3, 0.4) is 0 Å². The highest BCUT2D eigenvalue weighted by Gasteiger charge is 2.25. The number of hydrogen-bond donors (Lipinski definition) is 1. The number of hydrogen-bond acceptors (Lipinski definition) is 10. The van der Waals surface area contributed by atoms with Gasteiger partial charge in [0.1, 0.15) is 0 Å². The van der Waals surface area contributed by atoms with E-state index in [0.29, 0.717) is 31.1 Å². The van der Waals surface area contributed by atoms with E-state index >= 15 is 0 Å². The molecule has 0 unspecified atom stereocenters. The zero-order valence-electron chi connectivity index (χ0n) is 20.3. The van der Waals surface area contributed by atoms with E-state index in [9.17, 15) is 0 Å². The van der Waals surface area contributed by atoms with Crippen LogP contribution in [0.5, 0.6) is 0 Å². The zero-order chi connectivity index (χ0) is 23.7. The van der Waals surface area contributed by atoms with Crippen molar-refractivity contribution in [2.75, 3.05) is 57.1 Å². The minimum Gasteiger partial charge on any atom is -0.378 e. The number of anilines is 2. The maximum absolute atomic E-state index is 5.68. The highest BCUT2D eigenvalue weighted by molar-refractivity contribution is 7.19. The number of nitrogen functional groups attached to an aromatic ring is 1. The third kappa shape index (κ3) is 5.00. The van der Waals surface area contributed by atoms with E-state index in [1.54, 1.807) is 12.4 Å². The molecule has 10 heteroatoms. The number of likely N-dealkylation sites (tertiary alicyclic amines) is 1. The van der Waals surface area contributed by atoms with E-state index in [-0.39, 0.29) is 5.95 Å². The summed E-state index contributed by atoms with van der Waals surface area (Å²) in [4.78, 5) is 26.8. The van der Waals surface area contributed by atoms with Crippen molar-refractivity contribution in [2.45, 2.75) is 45.3 Å². The molecule has 5 heterocycles. The maximum Gasteiger partial charge on any atom is 0.219 e. The van der Waals surface area contributed by atoms with E-state index in [0.717, 1.165) is 41.2 Å². The SMILES string of the molecule is CC(C)N1CCC(N(C)Cc2cc3nc(-c4cnc(N)nc4)nc(N4CCOCC4)c3s2)CC1. The van der Waals surface area contributed by atoms with Crippen LogP contribution in [0.25, 0.3) is 21.6 Å². The zero-order valence-corrected chi connectivity index (χ0v) is 21.1. The Bertz CT molecular complexity index is 1100. The molecule has 34 heavy (non-hydrogen) atoms. The molecule has 182 valence electrons. The summed E-state index contributed by atoms with van der Waals surface area (Å²) >= 11 is 1.81. The van der Waals surface area contributed by atoms with E-state index in [4.69, 9.17) is 20.4 Å². The summed E-state index contributed by atoms with van der Waals surface area (Å²) < 4.78 is 6.72. The third-order valence-electron chi connectivity index (χ3n) is 6.90. The first-order chi connectivity index (χ1) is 16.5. The molecule has 3 aromatic rings. The second-order valence-corrected chi connectivity index (χ2v) is 10.6. The predicted molar refractivity (Wildman–Crippen MR) is 137 cm³/mol. The monoisotopic (exact) mass is 482 g/mol. The number of piperidine rings is 1. The Hall–Kier alpha value is -2.40. The van der Waals surface area contributed by atoms with Gasteiger partial charge in [-0.1, -0.05) is 0 Å². The summed E-state index contributed by atoms with van der Waals surface area (Å²) in [5.74, 6) is 1.86. The molecule has 5 rings (SSSR count). The summed E-state index contributed by atoms with van der Waals surface area (Å²) in [6.45, 7) is 10.9. The maximum atomic E-state index is 5.68. The fourth-order valence-electron chi connectivity index (χ4n) is 4.83. The fraction of sp³-hybridized carbons (Fsp3) is 0.583. The Labute approximate surface area is 205 Å². The first-order valence-electron chi connectivity index (χ1n) is 12.1. The Morgan fingerprint density at radius 3 is 2.50 bits per heavy atom. The highest BCUT2D eigenvalue weighted by atomic mass is 32.1. The lowest BCUT2D eigenvalue weighted by atomic mass is 10.0. The second-order valence-electron chi connectivity index (χ2n) is 9.50. The molecule has 3 aromatic heterocycles. The smallest absolute Gasteiger partial charge is 0.219 e. The third-order valence-corrected chi connectivity index (χ3v) is 8.01. The van der Waals surface area contributed by atoms with Gasteiger partial charge in [-0.15, -0.1) is 11.3 Å².